The molecule has 1 amide bonds. The van der Waals surface area contributed by atoms with Gasteiger partial charge in [-0.25, -0.2) is 4.98 Å². The molecule has 0 bridgehead atoms. The van der Waals surface area contributed by atoms with Crippen molar-refractivity contribution in [1.29, 1.82) is 0 Å². The zero-order valence-corrected chi connectivity index (χ0v) is 20.6. The molecule has 9 heteroatoms. The zero-order chi connectivity index (χ0) is 25.6. The predicted octanol–water partition coefficient (Wildman–Crippen LogP) is 5.61. The number of pyridine rings is 4. The van der Waals surface area contributed by atoms with Gasteiger partial charge in [0.25, 0.3) is 0 Å². The minimum absolute atomic E-state index is 0.0726. The van der Waals surface area contributed by atoms with Crippen molar-refractivity contribution < 1.29 is 4.79 Å². The number of anilines is 1. The topological polar surface area (TPSA) is 125 Å². The van der Waals surface area contributed by atoms with Crippen LogP contribution in [-0.2, 0) is 4.79 Å². The van der Waals surface area contributed by atoms with Gasteiger partial charge in [-0.05, 0) is 35.9 Å². The summed E-state index contributed by atoms with van der Waals surface area (Å²) in [6.07, 6.45) is 12.4. The maximum atomic E-state index is 12.4. The van der Waals surface area contributed by atoms with Crippen molar-refractivity contribution in [2.75, 3.05) is 5.32 Å². The Balaban J connectivity index is 1.40. The SMILES string of the molecule is CC(C)(C)C(=O)Nc1cncc(-c2cnc3n[nH]c(-c4cc5c(-c6ccncc6)cncc5[nH]4)c3c2)c1. The Hall–Kier alpha value is -4.92. The Morgan fingerprint density at radius 2 is 1.62 bits per heavy atom. The second kappa shape index (κ2) is 8.63. The first kappa shape index (κ1) is 22.5. The maximum Gasteiger partial charge on any atom is 0.229 e. The number of H-pyrrole nitrogens is 2. The van der Waals surface area contributed by atoms with E-state index in [4.69, 9.17) is 0 Å². The number of aromatic nitrogens is 7. The normalized spacial score (nSPS) is 11.8. The zero-order valence-electron chi connectivity index (χ0n) is 20.6. The molecule has 182 valence electrons. The van der Waals surface area contributed by atoms with Gasteiger partial charge in [0.1, 0.15) is 0 Å². The van der Waals surface area contributed by atoms with Crippen LogP contribution < -0.4 is 5.32 Å². The largest absolute Gasteiger partial charge is 0.352 e. The molecule has 0 atom stereocenters. The van der Waals surface area contributed by atoms with Gasteiger partial charge in [-0.15, -0.1) is 0 Å². The van der Waals surface area contributed by atoms with E-state index in [0.29, 0.717) is 11.3 Å². The van der Waals surface area contributed by atoms with Gasteiger partial charge in [0, 0.05) is 63.9 Å². The third-order valence-electron chi connectivity index (χ3n) is 6.23. The molecule has 37 heavy (non-hydrogen) atoms. The Bertz CT molecular complexity index is 1760. The van der Waals surface area contributed by atoms with Crippen LogP contribution in [0, 0.1) is 5.41 Å². The van der Waals surface area contributed by atoms with Gasteiger partial charge in [0.2, 0.25) is 5.91 Å². The van der Waals surface area contributed by atoms with Gasteiger partial charge in [0.15, 0.2) is 5.65 Å². The number of rotatable bonds is 4. The van der Waals surface area contributed by atoms with Crippen LogP contribution in [0.3, 0.4) is 0 Å². The minimum Gasteiger partial charge on any atom is -0.352 e. The van der Waals surface area contributed by atoms with E-state index in [1.54, 1.807) is 31.0 Å². The van der Waals surface area contributed by atoms with Crippen molar-refractivity contribution >= 4 is 33.5 Å². The molecule has 3 N–H and O–H groups in total. The molecule has 0 aliphatic heterocycles. The Morgan fingerprint density at radius 3 is 2.43 bits per heavy atom. The second-order valence-corrected chi connectivity index (χ2v) is 9.93. The quantitative estimate of drug-likeness (QED) is 0.296. The molecule has 6 rings (SSSR count). The first-order valence-electron chi connectivity index (χ1n) is 11.9. The summed E-state index contributed by atoms with van der Waals surface area (Å²) in [6.45, 7) is 5.62. The second-order valence-electron chi connectivity index (χ2n) is 9.93. The number of fused-ring (bicyclic) bond motifs is 2. The van der Waals surface area contributed by atoms with Crippen LogP contribution in [0.2, 0.25) is 0 Å². The molecule has 0 radical (unpaired) electrons. The van der Waals surface area contributed by atoms with E-state index in [1.807, 2.05) is 57.4 Å². The Morgan fingerprint density at radius 1 is 0.838 bits per heavy atom. The molecule has 0 aliphatic rings. The summed E-state index contributed by atoms with van der Waals surface area (Å²) in [7, 11) is 0. The monoisotopic (exact) mass is 488 g/mol. The molecule has 6 aromatic heterocycles. The lowest BCUT2D eigenvalue weighted by molar-refractivity contribution is -0.123. The molecule has 0 saturated carbocycles. The van der Waals surface area contributed by atoms with Crippen LogP contribution in [-0.4, -0.2) is 41.0 Å². The average Bonchev–Trinajstić information content (AvgIpc) is 3.52. The molecule has 9 nitrogen and oxygen atoms in total. The highest BCUT2D eigenvalue weighted by molar-refractivity contribution is 6.01. The van der Waals surface area contributed by atoms with Crippen molar-refractivity contribution in [1.82, 2.24) is 35.1 Å². The molecule has 0 fully saturated rings. The van der Waals surface area contributed by atoms with Gasteiger partial charge in [0.05, 0.1) is 35.0 Å². The predicted molar refractivity (Wildman–Crippen MR) is 144 cm³/mol. The number of carbonyl (C=O) groups excluding carboxylic acids is 1. The van der Waals surface area contributed by atoms with Crippen LogP contribution in [0.4, 0.5) is 5.69 Å². The van der Waals surface area contributed by atoms with Crippen LogP contribution in [0.15, 0.2) is 73.7 Å². The van der Waals surface area contributed by atoms with Gasteiger partial charge in [-0.2, -0.15) is 5.10 Å². The number of carbonyl (C=O) groups is 1. The van der Waals surface area contributed by atoms with Gasteiger partial charge < -0.3 is 10.3 Å². The molecule has 0 aliphatic carbocycles. The highest BCUT2D eigenvalue weighted by Crippen LogP contribution is 2.34. The number of nitrogens with zero attached hydrogens (tertiary/aromatic N) is 5. The lowest BCUT2D eigenvalue weighted by atomic mass is 9.95. The smallest absolute Gasteiger partial charge is 0.229 e. The third-order valence-corrected chi connectivity index (χ3v) is 6.23. The van der Waals surface area contributed by atoms with E-state index in [1.165, 1.54) is 0 Å². The molecular weight excluding hydrogens is 464 g/mol. The number of nitrogens with one attached hydrogen (secondary N) is 3. The van der Waals surface area contributed by atoms with Crippen molar-refractivity contribution in [2.24, 2.45) is 5.41 Å². The number of aromatic amines is 2. The van der Waals surface area contributed by atoms with Gasteiger partial charge in [-0.1, -0.05) is 20.8 Å². The van der Waals surface area contributed by atoms with Crippen LogP contribution in [0.1, 0.15) is 20.8 Å². The van der Waals surface area contributed by atoms with Crippen LogP contribution in [0.25, 0.3) is 55.6 Å². The molecular formula is C28H24N8O. The standard InChI is InChI=1S/C28H24N8O/c1-28(2,3)27(37)33-19-8-17(11-30-13-19)18-9-21-25(35-36-26(21)32-12-18)23-10-20-22(14-31-15-24(20)34-23)16-4-6-29-7-5-16/h4-15,34H,1-3H3,(H,33,37)(H,32,35,36). The highest BCUT2D eigenvalue weighted by atomic mass is 16.2. The first-order chi connectivity index (χ1) is 17.9. The summed E-state index contributed by atoms with van der Waals surface area (Å²) in [5.41, 5.74) is 7.13. The van der Waals surface area contributed by atoms with Crippen molar-refractivity contribution in [3.8, 4) is 33.6 Å². The summed E-state index contributed by atoms with van der Waals surface area (Å²) in [5, 5.41) is 12.4. The van der Waals surface area contributed by atoms with Crippen molar-refractivity contribution in [2.45, 2.75) is 20.8 Å². The molecule has 6 heterocycles. The number of hydrogen-bond donors (Lipinski definition) is 3. The van der Waals surface area contributed by atoms with Crippen LogP contribution in [0.5, 0.6) is 0 Å². The summed E-state index contributed by atoms with van der Waals surface area (Å²) < 4.78 is 0. The molecule has 6 aromatic rings. The fraction of sp³-hybridized carbons (Fsp3) is 0.143. The van der Waals surface area contributed by atoms with E-state index < -0.39 is 5.41 Å². The van der Waals surface area contributed by atoms with Gasteiger partial charge in [-0.3, -0.25) is 24.8 Å². The average molecular weight is 489 g/mol. The summed E-state index contributed by atoms with van der Waals surface area (Å²) in [5.74, 6) is -0.0726. The van der Waals surface area contributed by atoms with E-state index >= 15 is 0 Å². The molecule has 0 saturated heterocycles. The summed E-state index contributed by atoms with van der Waals surface area (Å²) >= 11 is 0. The molecule has 0 aromatic carbocycles. The van der Waals surface area contributed by atoms with Gasteiger partial charge >= 0.3 is 0 Å². The lowest BCUT2D eigenvalue weighted by Crippen LogP contribution is -2.27. The molecule has 0 spiro atoms. The highest BCUT2D eigenvalue weighted by Gasteiger charge is 2.21. The third kappa shape index (κ3) is 4.20. The summed E-state index contributed by atoms with van der Waals surface area (Å²) in [6, 6.07) is 9.96. The lowest BCUT2D eigenvalue weighted by Gasteiger charge is -2.17. The number of amides is 1. The summed E-state index contributed by atoms with van der Waals surface area (Å²) in [4.78, 5) is 33.3. The van der Waals surface area contributed by atoms with E-state index in [9.17, 15) is 4.79 Å². The Kier molecular flexibility index (Phi) is 5.26. The van der Waals surface area contributed by atoms with E-state index in [-0.39, 0.29) is 5.91 Å². The van der Waals surface area contributed by atoms with Crippen molar-refractivity contribution in [3.63, 3.8) is 0 Å². The van der Waals surface area contributed by atoms with Crippen LogP contribution >= 0.6 is 0 Å². The fourth-order valence-electron chi connectivity index (χ4n) is 4.19. The number of hydrogen-bond acceptors (Lipinski definition) is 6. The minimum atomic E-state index is -0.505. The van der Waals surface area contributed by atoms with E-state index in [0.717, 1.165) is 49.9 Å². The Labute approximate surface area is 212 Å². The van der Waals surface area contributed by atoms with Crippen molar-refractivity contribution in [3.05, 3.63) is 73.7 Å². The maximum absolute atomic E-state index is 12.4. The fourth-order valence-corrected chi connectivity index (χ4v) is 4.19. The van der Waals surface area contributed by atoms with E-state index in [2.05, 4.69) is 46.5 Å². The first-order valence-corrected chi connectivity index (χ1v) is 11.9. The molecule has 0 unspecified atom stereocenters.